The minimum atomic E-state index is -0.979. The minimum absolute atomic E-state index is 0.206. The van der Waals surface area contributed by atoms with Gasteiger partial charge in [0.15, 0.2) is 0 Å². The lowest BCUT2D eigenvalue weighted by molar-refractivity contribution is -0.130. The molecule has 0 N–H and O–H groups in total. The lowest BCUT2D eigenvalue weighted by Gasteiger charge is -2.22. The first-order chi connectivity index (χ1) is 8.01. The molecule has 1 unspecified atom stereocenters. The fourth-order valence-electron chi connectivity index (χ4n) is 1.54. The second-order valence-electron chi connectivity index (χ2n) is 3.54. The van der Waals surface area contributed by atoms with Crippen molar-refractivity contribution in [1.29, 1.82) is 0 Å². The number of nitrogens with zero attached hydrogens (tertiary/aromatic N) is 1. The molecule has 1 aromatic rings. The molecule has 0 aliphatic rings. The van der Waals surface area contributed by atoms with Crippen LogP contribution in [0.4, 0.5) is 4.39 Å². The maximum Gasteiger partial charge on any atom is 0.245 e. The molecule has 1 atom stereocenters. The van der Waals surface area contributed by atoms with Gasteiger partial charge in [0.1, 0.15) is 11.2 Å². The fraction of sp³-hybridized carbons (Fsp3) is 0.417. The summed E-state index contributed by atoms with van der Waals surface area (Å²) >= 11 is 9.27. The van der Waals surface area contributed by atoms with Gasteiger partial charge in [-0.2, -0.15) is 0 Å². The average Bonchev–Trinajstić information content (AvgIpc) is 2.32. The van der Waals surface area contributed by atoms with Gasteiger partial charge in [-0.25, -0.2) is 4.39 Å². The molecule has 0 aliphatic carbocycles. The third-order valence-electron chi connectivity index (χ3n) is 2.52. The highest BCUT2D eigenvalue weighted by atomic mass is 79.9. The SMILES string of the molecule is CCN(CC)C(=O)C(Cl)c1cc(Br)ccc1F. The van der Waals surface area contributed by atoms with Crippen LogP contribution in [0.2, 0.25) is 0 Å². The topological polar surface area (TPSA) is 20.3 Å². The van der Waals surface area contributed by atoms with Gasteiger partial charge in [0.25, 0.3) is 0 Å². The summed E-state index contributed by atoms with van der Waals surface area (Å²) in [5.41, 5.74) is 0.206. The summed E-state index contributed by atoms with van der Waals surface area (Å²) in [5.74, 6) is -0.734. The summed E-state index contributed by atoms with van der Waals surface area (Å²) in [6.45, 7) is 4.85. The molecule has 1 aromatic carbocycles. The van der Waals surface area contributed by atoms with E-state index in [0.717, 1.165) is 0 Å². The van der Waals surface area contributed by atoms with Crippen LogP contribution in [-0.4, -0.2) is 23.9 Å². The highest BCUT2D eigenvalue weighted by Gasteiger charge is 2.24. The first kappa shape index (κ1) is 14.5. The van der Waals surface area contributed by atoms with Gasteiger partial charge in [-0.3, -0.25) is 4.79 Å². The van der Waals surface area contributed by atoms with E-state index in [1.807, 2.05) is 13.8 Å². The van der Waals surface area contributed by atoms with E-state index in [0.29, 0.717) is 17.6 Å². The lowest BCUT2D eigenvalue weighted by atomic mass is 10.1. The summed E-state index contributed by atoms with van der Waals surface area (Å²) in [5, 5.41) is -0.979. The molecule has 0 bridgehead atoms. The Kier molecular flexibility index (Phi) is 5.40. The Morgan fingerprint density at radius 2 is 2.06 bits per heavy atom. The summed E-state index contributed by atoms with van der Waals surface area (Å²) in [4.78, 5) is 13.6. The van der Waals surface area contributed by atoms with Crippen molar-refractivity contribution in [3.8, 4) is 0 Å². The van der Waals surface area contributed by atoms with Crippen LogP contribution in [0.5, 0.6) is 0 Å². The summed E-state index contributed by atoms with van der Waals surface area (Å²) < 4.78 is 14.3. The number of carbonyl (C=O) groups excluding carboxylic acids is 1. The number of likely N-dealkylation sites (N-methyl/N-ethyl adjacent to an activating group) is 1. The molecule has 1 rings (SSSR count). The van der Waals surface area contributed by atoms with E-state index in [2.05, 4.69) is 15.9 Å². The second kappa shape index (κ2) is 6.36. The summed E-state index contributed by atoms with van der Waals surface area (Å²) in [7, 11) is 0. The number of rotatable bonds is 4. The summed E-state index contributed by atoms with van der Waals surface area (Å²) in [6, 6.07) is 4.41. The average molecular weight is 323 g/mol. The van der Waals surface area contributed by atoms with Gasteiger partial charge in [-0.1, -0.05) is 15.9 Å². The van der Waals surface area contributed by atoms with E-state index in [9.17, 15) is 9.18 Å². The van der Waals surface area contributed by atoms with E-state index >= 15 is 0 Å². The predicted molar refractivity (Wildman–Crippen MR) is 70.6 cm³/mol. The molecule has 0 spiro atoms. The standard InChI is InChI=1S/C12H14BrClFNO/c1-3-16(4-2)12(17)11(14)9-7-8(13)5-6-10(9)15/h5-7,11H,3-4H2,1-2H3. The molecule has 17 heavy (non-hydrogen) atoms. The quantitative estimate of drug-likeness (QED) is 0.773. The number of hydrogen-bond acceptors (Lipinski definition) is 1. The van der Waals surface area contributed by atoms with Crippen LogP contribution in [0.25, 0.3) is 0 Å². The van der Waals surface area contributed by atoms with Crippen LogP contribution in [0.1, 0.15) is 24.8 Å². The number of alkyl halides is 1. The number of benzene rings is 1. The molecular formula is C12H14BrClFNO. The number of hydrogen-bond donors (Lipinski definition) is 0. The van der Waals surface area contributed by atoms with Crippen LogP contribution in [0.15, 0.2) is 22.7 Å². The van der Waals surface area contributed by atoms with Crippen molar-refractivity contribution in [1.82, 2.24) is 4.90 Å². The number of halogens is 3. The lowest BCUT2D eigenvalue weighted by Crippen LogP contribution is -2.33. The van der Waals surface area contributed by atoms with E-state index in [1.54, 1.807) is 11.0 Å². The van der Waals surface area contributed by atoms with E-state index in [1.165, 1.54) is 12.1 Å². The smallest absolute Gasteiger partial charge is 0.245 e. The molecular weight excluding hydrogens is 308 g/mol. The van der Waals surface area contributed by atoms with Gasteiger partial charge in [-0.05, 0) is 32.0 Å². The van der Waals surface area contributed by atoms with Gasteiger partial charge in [-0.15, -0.1) is 11.6 Å². The fourth-order valence-corrected chi connectivity index (χ4v) is 2.22. The Morgan fingerprint density at radius 3 is 2.59 bits per heavy atom. The van der Waals surface area contributed by atoms with Gasteiger partial charge >= 0.3 is 0 Å². The third kappa shape index (κ3) is 3.42. The van der Waals surface area contributed by atoms with Crippen molar-refractivity contribution in [2.24, 2.45) is 0 Å². The molecule has 5 heteroatoms. The van der Waals surface area contributed by atoms with E-state index in [-0.39, 0.29) is 11.5 Å². The Bertz CT molecular complexity index is 409. The molecule has 2 nitrogen and oxygen atoms in total. The zero-order valence-corrected chi connectivity index (χ0v) is 12.1. The molecule has 0 radical (unpaired) electrons. The maximum absolute atomic E-state index is 13.6. The normalized spacial score (nSPS) is 12.3. The Morgan fingerprint density at radius 1 is 1.47 bits per heavy atom. The van der Waals surface area contributed by atoms with Crippen LogP contribution in [-0.2, 0) is 4.79 Å². The van der Waals surface area contributed by atoms with Crippen molar-refractivity contribution < 1.29 is 9.18 Å². The minimum Gasteiger partial charge on any atom is -0.342 e. The molecule has 0 aliphatic heterocycles. The monoisotopic (exact) mass is 321 g/mol. The molecule has 0 saturated carbocycles. The van der Waals surface area contributed by atoms with Crippen molar-refractivity contribution in [2.75, 3.05) is 13.1 Å². The molecule has 0 saturated heterocycles. The molecule has 0 aromatic heterocycles. The van der Waals surface area contributed by atoms with Crippen molar-refractivity contribution in [3.63, 3.8) is 0 Å². The largest absolute Gasteiger partial charge is 0.342 e. The zero-order valence-electron chi connectivity index (χ0n) is 9.71. The van der Waals surface area contributed by atoms with E-state index in [4.69, 9.17) is 11.6 Å². The molecule has 0 fully saturated rings. The third-order valence-corrected chi connectivity index (χ3v) is 3.44. The van der Waals surface area contributed by atoms with Gasteiger partial charge in [0, 0.05) is 23.1 Å². The Balaban J connectivity index is 2.99. The highest BCUT2D eigenvalue weighted by molar-refractivity contribution is 9.10. The van der Waals surface area contributed by atoms with Crippen LogP contribution in [0, 0.1) is 5.82 Å². The predicted octanol–water partition coefficient (Wildman–Crippen LogP) is 3.74. The first-order valence-electron chi connectivity index (χ1n) is 5.39. The van der Waals surface area contributed by atoms with Gasteiger partial charge in [0.2, 0.25) is 5.91 Å². The highest BCUT2D eigenvalue weighted by Crippen LogP contribution is 2.28. The molecule has 0 heterocycles. The Hall–Kier alpha value is -0.610. The van der Waals surface area contributed by atoms with E-state index < -0.39 is 11.2 Å². The van der Waals surface area contributed by atoms with Gasteiger partial charge in [0.05, 0.1) is 0 Å². The summed E-state index contributed by atoms with van der Waals surface area (Å²) in [6.07, 6.45) is 0. The van der Waals surface area contributed by atoms with Crippen molar-refractivity contribution >= 4 is 33.4 Å². The van der Waals surface area contributed by atoms with Crippen LogP contribution in [0.3, 0.4) is 0 Å². The number of carbonyl (C=O) groups is 1. The first-order valence-corrected chi connectivity index (χ1v) is 6.62. The van der Waals surface area contributed by atoms with Crippen molar-refractivity contribution in [2.45, 2.75) is 19.2 Å². The zero-order chi connectivity index (χ0) is 13.0. The van der Waals surface area contributed by atoms with Gasteiger partial charge < -0.3 is 4.90 Å². The molecule has 1 amide bonds. The van der Waals surface area contributed by atoms with Crippen LogP contribution < -0.4 is 0 Å². The van der Waals surface area contributed by atoms with Crippen LogP contribution >= 0.6 is 27.5 Å². The Labute approximate surface area is 114 Å². The molecule has 94 valence electrons. The maximum atomic E-state index is 13.6. The number of amides is 1. The van der Waals surface area contributed by atoms with Crippen molar-refractivity contribution in [3.05, 3.63) is 34.1 Å². The second-order valence-corrected chi connectivity index (χ2v) is 4.89.